The molecule has 0 fully saturated rings. The van der Waals surface area contributed by atoms with Gasteiger partial charge < -0.3 is 5.32 Å². The number of benzene rings is 1. The van der Waals surface area contributed by atoms with Gasteiger partial charge in [-0.05, 0) is 25.0 Å². The first-order valence-electron chi connectivity index (χ1n) is 5.77. The van der Waals surface area contributed by atoms with Crippen LogP contribution in [0.2, 0.25) is 0 Å². The molecule has 3 nitrogen and oxygen atoms in total. The molecule has 0 unspecified atom stereocenters. The summed E-state index contributed by atoms with van der Waals surface area (Å²) >= 11 is 2.93. The summed E-state index contributed by atoms with van der Waals surface area (Å²) < 4.78 is 27.5. The van der Waals surface area contributed by atoms with Crippen LogP contribution in [-0.4, -0.2) is 11.4 Å². The third-order valence-corrected chi connectivity index (χ3v) is 3.47. The van der Waals surface area contributed by atoms with Gasteiger partial charge in [-0.15, -0.1) is 0 Å². The van der Waals surface area contributed by atoms with Gasteiger partial charge in [0.2, 0.25) is 0 Å². The van der Waals surface area contributed by atoms with Gasteiger partial charge in [0.25, 0.3) is 5.91 Å². The zero-order valence-electron chi connectivity index (χ0n) is 10.6. The quantitative estimate of drug-likeness (QED) is 0.917. The normalized spacial score (nSPS) is 10.9. The monoisotopic (exact) mass is 330 g/mol. The average Bonchev–Trinajstić information content (AvgIpc) is 2.35. The Balaban J connectivity index is 3.13. The number of carbonyl (C=O) groups is 1. The Hall–Kier alpha value is -1.48. The number of halogens is 3. The highest BCUT2D eigenvalue weighted by Crippen LogP contribution is 2.21. The molecular formula is C13H13BrF2N2O. The minimum absolute atomic E-state index is 0.205. The fourth-order valence-corrected chi connectivity index (χ4v) is 2.05. The minimum Gasteiger partial charge on any atom is -0.334 e. The zero-order chi connectivity index (χ0) is 14.6. The van der Waals surface area contributed by atoms with Gasteiger partial charge in [0.05, 0.1) is 6.07 Å². The molecule has 0 radical (unpaired) electrons. The second-order valence-electron chi connectivity index (χ2n) is 4.10. The molecular weight excluding hydrogens is 318 g/mol. The van der Waals surface area contributed by atoms with Crippen molar-refractivity contribution in [1.82, 2.24) is 5.32 Å². The van der Waals surface area contributed by atoms with Crippen LogP contribution in [0.5, 0.6) is 0 Å². The van der Waals surface area contributed by atoms with Crippen LogP contribution in [0.4, 0.5) is 8.78 Å². The number of hydrogen-bond acceptors (Lipinski definition) is 2. The molecule has 0 aromatic heterocycles. The van der Waals surface area contributed by atoms with Gasteiger partial charge in [-0.25, -0.2) is 8.78 Å². The van der Waals surface area contributed by atoms with E-state index in [0.29, 0.717) is 12.8 Å². The number of nitrogens with zero attached hydrogens (tertiary/aromatic N) is 1. The largest absolute Gasteiger partial charge is 0.334 e. The lowest BCUT2D eigenvalue weighted by Gasteiger charge is -2.25. The molecule has 0 aliphatic heterocycles. The summed E-state index contributed by atoms with van der Waals surface area (Å²) in [4.78, 5) is 11.9. The summed E-state index contributed by atoms with van der Waals surface area (Å²) in [6.07, 6.45) is 0.705. The van der Waals surface area contributed by atoms with Crippen LogP contribution in [0.25, 0.3) is 0 Å². The predicted octanol–water partition coefficient (Wildman–Crippen LogP) is 3.54. The Bertz CT molecular complexity index is 513. The lowest BCUT2D eigenvalue weighted by Crippen LogP contribution is -2.46. The minimum atomic E-state index is -1.11. The summed E-state index contributed by atoms with van der Waals surface area (Å²) in [5, 5.41) is 11.5. The number of nitriles is 1. The van der Waals surface area contributed by atoms with Gasteiger partial charge in [-0.3, -0.25) is 4.79 Å². The SMILES string of the molecule is CCC(C#N)(CC)NC(=O)c1c(F)cc(Br)cc1F. The van der Waals surface area contributed by atoms with Crippen LogP contribution < -0.4 is 5.32 Å². The Kier molecular flexibility index (Phi) is 5.01. The van der Waals surface area contributed by atoms with Crippen LogP contribution in [0.15, 0.2) is 16.6 Å². The first kappa shape index (κ1) is 15.6. The lowest BCUT2D eigenvalue weighted by molar-refractivity contribution is 0.0907. The van der Waals surface area contributed by atoms with Crippen LogP contribution in [-0.2, 0) is 0 Å². The zero-order valence-corrected chi connectivity index (χ0v) is 12.1. The molecule has 0 atom stereocenters. The number of amides is 1. The molecule has 0 saturated heterocycles. The van der Waals surface area contributed by atoms with E-state index >= 15 is 0 Å². The fourth-order valence-electron chi connectivity index (χ4n) is 1.65. The molecule has 0 aliphatic rings. The van der Waals surface area contributed by atoms with E-state index in [-0.39, 0.29) is 4.47 Å². The number of nitrogens with one attached hydrogen (secondary N) is 1. The summed E-state index contributed by atoms with van der Waals surface area (Å²) in [6.45, 7) is 3.45. The first-order chi connectivity index (χ1) is 8.89. The molecule has 0 aliphatic carbocycles. The van der Waals surface area contributed by atoms with Crippen molar-refractivity contribution in [2.24, 2.45) is 0 Å². The molecule has 1 aromatic rings. The van der Waals surface area contributed by atoms with Gasteiger partial charge in [0, 0.05) is 4.47 Å². The van der Waals surface area contributed by atoms with Gasteiger partial charge in [-0.1, -0.05) is 29.8 Å². The standard InChI is InChI=1S/C13H13BrF2N2O/c1-3-13(4-2,7-17)18-12(19)11-9(15)5-8(14)6-10(11)16/h5-6H,3-4H2,1-2H3,(H,18,19). The lowest BCUT2D eigenvalue weighted by atomic mass is 9.94. The maximum Gasteiger partial charge on any atom is 0.258 e. The van der Waals surface area contributed by atoms with Crippen LogP contribution >= 0.6 is 15.9 Å². The summed E-state index contributed by atoms with van der Waals surface area (Å²) in [5.74, 6) is -2.86. The predicted molar refractivity (Wildman–Crippen MR) is 70.5 cm³/mol. The highest BCUT2D eigenvalue weighted by Gasteiger charge is 2.30. The Morgan fingerprint density at radius 2 is 1.84 bits per heavy atom. The molecule has 0 heterocycles. The Morgan fingerprint density at radius 3 is 2.21 bits per heavy atom. The van der Waals surface area contributed by atoms with Crippen molar-refractivity contribution >= 4 is 21.8 Å². The highest BCUT2D eigenvalue weighted by atomic mass is 79.9. The van der Waals surface area contributed by atoms with Crippen LogP contribution in [0.1, 0.15) is 37.0 Å². The average molecular weight is 331 g/mol. The summed E-state index contributed by atoms with van der Waals surface area (Å²) in [7, 11) is 0. The molecule has 0 spiro atoms. The maximum absolute atomic E-state index is 13.6. The first-order valence-corrected chi connectivity index (χ1v) is 6.56. The number of rotatable bonds is 4. The fraction of sp³-hybridized carbons (Fsp3) is 0.385. The van der Waals surface area contributed by atoms with Crippen LogP contribution in [0, 0.1) is 23.0 Å². The second-order valence-corrected chi connectivity index (χ2v) is 5.02. The van der Waals surface area contributed by atoms with Gasteiger partial charge in [0.15, 0.2) is 0 Å². The summed E-state index contributed by atoms with van der Waals surface area (Å²) in [5.41, 5.74) is -1.78. The van der Waals surface area contributed by atoms with E-state index in [0.717, 1.165) is 12.1 Å². The van der Waals surface area contributed by atoms with Crippen molar-refractivity contribution in [2.75, 3.05) is 0 Å². The van der Waals surface area contributed by atoms with E-state index in [2.05, 4.69) is 21.2 Å². The summed E-state index contributed by atoms with van der Waals surface area (Å²) in [6, 6.07) is 3.99. The molecule has 0 bridgehead atoms. The Morgan fingerprint density at radius 1 is 1.37 bits per heavy atom. The van der Waals surface area contributed by atoms with E-state index < -0.39 is 28.6 Å². The molecule has 19 heavy (non-hydrogen) atoms. The van der Waals surface area contributed by atoms with Gasteiger partial charge in [-0.2, -0.15) is 5.26 Å². The molecule has 102 valence electrons. The molecule has 0 saturated carbocycles. The van der Waals surface area contributed by atoms with E-state index in [1.807, 2.05) is 6.07 Å². The van der Waals surface area contributed by atoms with E-state index in [4.69, 9.17) is 5.26 Å². The maximum atomic E-state index is 13.6. The topological polar surface area (TPSA) is 52.9 Å². The molecule has 6 heteroatoms. The van der Waals surface area contributed by atoms with Crippen molar-refractivity contribution < 1.29 is 13.6 Å². The van der Waals surface area contributed by atoms with E-state index in [1.165, 1.54) is 0 Å². The van der Waals surface area contributed by atoms with E-state index in [9.17, 15) is 13.6 Å². The Labute approximate surface area is 118 Å². The second kappa shape index (κ2) is 6.11. The third kappa shape index (κ3) is 3.29. The number of carbonyl (C=O) groups excluding carboxylic acids is 1. The van der Waals surface area contributed by atoms with Crippen molar-refractivity contribution in [2.45, 2.75) is 32.2 Å². The van der Waals surface area contributed by atoms with Crippen molar-refractivity contribution in [3.05, 3.63) is 33.8 Å². The molecule has 1 aromatic carbocycles. The van der Waals surface area contributed by atoms with Crippen molar-refractivity contribution in [1.29, 1.82) is 5.26 Å². The third-order valence-electron chi connectivity index (χ3n) is 3.01. The van der Waals surface area contributed by atoms with Crippen molar-refractivity contribution in [3.8, 4) is 6.07 Å². The highest BCUT2D eigenvalue weighted by molar-refractivity contribution is 9.10. The molecule has 1 amide bonds. The number of hydrogen-bond donors (Lipinski definition) is 1. The van der Waals surface area contributed by atoms with Gasteiger partial charge >= 0.3 is 0 Å². The van der Waals surface area contributed by atoms with Crippen LogP contribution in [0.3, 0.4) is 0 Å². The molecule has 1 rings (SSSR count). The molecule has 1 N–H and O–H groups in total. The van der Waals surface area contributed by atoms with E-state index in [1.54, 1.807) is 13.8 Å². The van der Waals surface area contributed by atoms with Gasteiger partial charge in [0.1, 0.15) is 22.7 Å². The van der Waals surface area contributed by atoms with Crippen molar-refractivity contribution in [3.63, 3.8) is 0 Å². The smallest absolute Gasteiger partial charge is 0.258 e.